The Morgan fingerprint density at radius 3 is 1.62 bits per heavy atom. The summed E-state index contributed by atoms with van der Waals surface area (Å²) in [6.45, 7) is 22.6. The summed E-state index contributed by atoms with van der Waals surface area (Å²) in [6.07, 6.45) is 3.04. The number of anilines is 1. The minimum absolute atomic E-state index is 0.00600. The summed E-state index contributed by atoms with van der Waals surface area (Å²) < 4.78 is 4.89. The van der Waals surface area contributed by atoms with E-state index in [1.165, 1.54) is 19.7 Å². The third kappa shape index (κ3) is 9.25. The Labute approximate surface area is 406 Å². The number of ether oxygens (including phenoxy) is 1. The van der Waals surface area contributed by atoms with Crippen LogP contribution in [0.25, 0.3) is 22.1 Å². The lowest BCUT2D eigenvalue weighted by molar-refractivity contribution is -0.143. The number of carbonyl (C=O) groups is 4. The predicted octanol–water partition coefficient (Wildman–Crippen LogP) is 10.7. The van der Waals surface area contributed by atoms with E-state index in [1.807, 2.05) is 37.5 Å². The number of H-pyrrole nitrogens is 2. The Bertz CT molecular complexity index is 2730. The molecular weight excluding hydrogens is 871 g/mol. The first-order chi connectivity index (χ1) is 32.4. The highest BCUT2D eigenvalue weighted by molar-refractivity contribution is 5.88. The summed E-state index contributed by atoms with van der Waals surface area (Å²) in [4.78, 5) is 78.1. The molecule has 3 aromatic carbocycles. The van der Waals surface area contributed by atoms with Gasteiger partial charge in [-0.05, 0) is 137 Å². The van der Waals surface area contributed by atoms with Crippen molar-refractivity contribution in [3.63, 3.8) is 0 Å². The summed E-state index contributed by atoms with van der Waals surface area (Å²) in [7, 11) is 2.78. The fraction of sp³-hybridized carbons (Fsp3) is 0.556. The minimum Gasteiger partial charge on any atom is -0.465 e. The second-order valence-electron chi connectivity index (χ2n) is 22.7. The fourth-order valence-electron chi connectivity index (χ4n) is 11.5. The number of carbonyl (C=O) groups excluding carboxylic acids is 3. The van der Waals surface area contributed by atoms with Crippen LogP contribution >= 0.6 is 0 Å². The van der Waals surface area contributed by atoms with Crippen molar-refractivity contribution in [3.05, 3.63) is 89.0 Å². The molecule has 4 amide bonds. The van der Waals surface area contributed by atoms with Crippen molar-refractivity contribution in [2.24, 2.45) is 11.8 Å². The number of likely N-dealkylation sites (N-methyl/N-ethyl adjacent to an activating group) is 1. The zero-order valence-electron chi connectivity index (χ0n) is 42.8. The van der Waals surface area contributed by atoms with Crippen LogP contribution in [0, 0.1) is 11.8 Å². The van der Waals surface area contributed by atoms with Crippen LogP contribution < -0.4 is 10.2 Å². The maximum Gasteiger partial charge on any atom is 0.407 e. The topological polar surface area (TPSA) is 180 Å². The second-order valence-corrected chi connectivity index (χ2v) is 22.7. The first-order valence-corrected chi connectivity index (χ1v) is 24.8. The number of nitrogens with zero attached hydrogens (tertiary/aromatic N) is 6. The summed E-state index contributed by atoms with van der Waals surface area (Å²) in [5, 5.41) is 12.7. The molecular formula is C54H73N9O6. The van der Waals surface area contributed by atoms with E-state index in [-0.39, 0.29) is 53.2 Å². The number of likely N-dealkylation sites (tertiary alicyclic amines) is 2. The van der Waals surface area contributed by atoms with Crippen molar-refractivity contribution in [2.75, 3.05) is 19.1 Å². The molecule has 0 radical (unpaired) electrons. The molecule has 0 unspecified atom stereocenters. The molecule has 15 nitrogen and oxygen atoms in total. The van der Waals surface area contributed by atoms with E-state index in [9.17, 15) is 24.3 Å². The average Bonchev–Trinajstić information content (AvgIpc) is 4.12. The van der Waals surface area contributed by atoms with Crippen LogP contribution in [0.3, 0.4) is 0 Å². The maximum absolute atomic E-state index is 14.4. The zero-order valence-corrected chi connectivity index (χ0v) is 42.8. The van der Waals surface area contributed by atoms with Crippen molar-refractivity contribution in [1.82, 2.24) is 40.0 Å². The largest absolute Gasteiger partial charge is 0.465 e. The second kappa shape index (κ2) is 18.3. The summed E-state index contributed by atoms with van der Waals surface area (Å²) in [5.74, 6) is 0.708. The molecule has 0 spiro atoms. The summed E-state index contributed by atoms with van der Waals surface area (Å²) in [6, 6.07) is 19.8. The lowest BCUT2D eigenvalue weighted by atomic mass is 9.87. The summed E-state index contributed by atoms with van der Waals surface area (Å²) >= 11 is 0. The number of imidazole rings is 2. The van der Waals surface area contributed by atoms with Crippen molar-refractivity contribution < 1.29 is 29.0 Å². The number of aromatic amines is 2. The molecule has 3 saturated heterocycles. The third-order valence-corrected chi connectivity index (χ3v) is 15.3. The normalized spacial score (nSPS) is 22.2. The molecule has 3 fully saturated rings. The first kappa shape index (κ1) is 49.3. The highest BCUT2D eigenvalue weighted by atomic mass is 16.5. The van der Waals surface area contributed by atoms with Crippen LogP contribution in [0.1, 0.15) is 167 Å². The van der Waals surface area contributed by atoms with Crippen molar-refractivity contribution in [1.29, 1.82) is 0 Å². The van der Waals surface area contributed by atoms with E-state index in [2.05, 4.69) is 129 Å². The number of nitrogens with one attached hydrogen (secondary N) is 3. The smallest absolute Gasteiger partial charge is 0.407 e. The molecule has 3 aliphatic heterocycles. The highest BCUT2D eigenvalue weighted by Crippen LogP contribution is 2.49. The van der Waals surface area contributed by atoms with Gasteiger partial charge < -0.3 is 39.8 Å². The molecule has 6 atom stereocenters. The van der Waals surface area contributed by atoms with E-state index in [1.54, 1.807) is 0 Å². The van der Waals surface area contributed by atoms with Crippen molar-refractivity contribution >= 4 is 51.8 Å². The van der Waals surface area contributed by atoms with E-state index in [4.69, 9.17) is 14.7 Å². The van der Waals surface area contributed by atoms with E-state index < -0.39 is 35.3 Å². The van der Waals surface area contributed by atoms with Crippen molar-refractivity contribution in [2.45, 2.75) is 167 Å². The van der Waals surface area contributed by atoms with Gasteiger partial charge in [-0.25, -0.2) is 19.6 Å². The number of benzene rings is 3. The number of fused-ring (bicyclic) bond motifs is 2. The predicted molar refractivity (Wildman–Crippen MR) is 269 cm³/mol. The zero-order chi connectivity index (χ0) is 50.1. The molecule has 5 aromatic rings. The molecule has 5 heterocycles. The van der Waals surface area contributed by atoms with Crippen molar-refractivity contribution in [3.8, 4) is 0 Å². The van der Waals surface area contributed by atoms with Gasteiger partial charge in [-0.15, -0.1) is 0 Å². The number of hydrogen-bond donors (Lipinski definition) is 4. The molecule has 370 valence electrons. The average molecular weight is 944 g/mol. The van der Waals surface area contributed by atoms with Gasteiger partial charge >= 0.3 is 12.2 Å². The fourth-order valence-corrected chi connectivity index (χ4v) is 11.5. The molecule has 2 aromatic heterocycles. The van der Waals surface area contributed by atoms with Gasteiger partial charge in [0.25, 0.3) is 0 Å². The number of carboxylic acid groups (broad SMARTS) is 1. The van der Waals surface area contributed by atoms with Crippen LogP contribution in [0.5, 0.6) is 0 Å². The molecule has 4 N–H and O–H groups in total. The molecule has 15 heteroatoms. The van der Waals surface area contributed by atoms with Gasteiger partial charge in [0.05, 0.1) is 53.3 Å². The molecule has 69 heavy (non-hydrogen) atoms. The Balaban J connectivity index is 1.12. The van der Waals surface area contributed by atoms with E-state index >= 15 is 0 Å². The molecule has 8 rings (SSSR count). The van der Waals surface area contributed by atoms with Gasteiger partial charge in [-0.1, -0.05) is 72.7 Å². The number of rotatable bonds is 11. The molecule has 0 aliphatic carbocycles. The highest BCUT2D eigenvalue weighted by Gasteiger charge is 2.49. The van der Waals surface area contributed by atoms with Crippen LogP contribution in [-0.4, -0.2) is 101 Å². The molecule has 0 saturated carbocycles. The van der Waals surface area contributed by atoms with Gasteiger partial charge in [0.2, 0.25) is 11.8 Å². The Hall–Kier alpha value is -6.12. The van der Waals surface area contributed by atoms with Crippen LogP contribution in [0.4, 0.5) is 15.3 Å². The monoisotopic (exact) mass is 944 g/mol. The molecule has 3 aliphatic rings. The van der Waals surface area contributed by atoms with E-state index in [0.29, 0.717) is 12.2 Å². The SMILES string of the molecule is COC(=O)N[C@H](C(=O)N1[C@H](c2nc3ccc([C@H]4CC[C@H](c5ccc6nc([C@@H]7CCC(C)(C)N7C(=O)[C@H](C(C)C)N(C)C(=O)O)[nH]c6c5)N4c4ccc(C(C)(C)C)cc4)cc3[nH]2)CCC1(C)C)C(C)C. The first-order valence-electron chi connectivity index (χ1n) is 24.8. The number of amides is 4. The lowest BCUT2D eigenvalue weighted by Crippen LogP contribution is -2.55. The number of aromatic nitrogens is 4. The van der Waals surface area contributed by atoms with Crippen LogP contribution in [0.2, 0.25) is 0 Å². The van der Waals surface area contributed by atoms with Gasteiger partial charge in [-0.2, -0.15) is 0 Å². The third-order valence-electron chi connectivity index (χ3n) is 15.3. The number of alkyl carbamates (subject to hydrolysis) is 1. The lowest BCUT2D eigenvalue weighted by Gasteiger charge is -2.40. The minimum atomic E-state index is -1.13. The quantitative estimate of drug-likeness (QED) is 0.100. The van der Waals surface area contributed by atoms with Crippen LogP contribution in [-0.2, 0) is 19.7 Å². The van der Waals surface area contributed by atoms with Gasteiger partial charge in [0.1, 0.15) is 23.7 Å². The van der Waals surface area contributed by atoms with Gasteiger partial charge in [0.15, 0.2) is 0 Å². The number of methoxy groups -OCH3 is 1. The van der Waals surface area contributed by atoms with Gasteiger partial charge in [-0.3, -0.25) is 14.5 Å². The van der Waals surface area contributed by atoms with E-state index in [0.717, 1.165) is 81.7 Å². The Kier molecular flexibility index (Phi) is 13.1. The van der Waals surface area contributed by atoms with Gasteiger partial charge in [0, 0.05) is 23.8 Å². The Morgan fingerprint density at radius 2 is 1.20 bits per heavy atom. The standard InChI is InChI=1S/C54H73N9O6/c1-30(2)44(59-50(66)69-13)48(64)62-42(24-26-53(62,8)9)46-55-36-20-14-32(28-38(36)57-46)40-22-23-41(61(40)35-18-16-34(17-19-35)52(5,6)7)33-15-21-37-39(29-33)58-47(56-37)43-25-27-54(10,11)63(43)49(65)45(31(3)4)60(12)51(67)68/h14-21,28-31,40-45H,22-27H2,1-13H3,(H,55,57)(H,56,58)(H,59,66)(H,67,68)/t40-,41-,42+,43+,44+,45+/m1/s1. The van der Waals surface area contributed by atoms with Crippen LogP contribution in [0.15, 0.2) is 60.7 Å². The Morgan fingerprint density at radius 1 is 0.725 bits per heavy atom. The summed E-state index contributed by atoms with van der Waals surface area (Å²) in [5.41, 5.74) is 7.19. The maximum atomic E-state index is 14.4. The molecule has 0 bridgehead atoms. The number of hydrogen-bond acceptors (Lipinski definition) is 8.